The lowest BCUT2D eigenvalue weighted by atomic mass is 10.1. The number of rotatable bonds is 4. The van der Waals surface area contributed by atoms with Gasteiger partial charge in [0.05, 0.1) is 0 Å². The number of aromatic nitrogens is 2. The van der Waals surface area contributed by atoms with E-state index in [1.807, 2.05) is 48.5 Å². The van der Waals surface area contributed by atoms with Crippen LogP contribution in [0.25, 0.3) is 11.5 Å². The van der Waals surface area contributed by atoms with Gasteiger partial charge in [-0.3, -0.25) is 0 Å². The number of nitrogens with zero attached hydrogens (tertiary/aromatic N) is 2. The minimum absolute atomic E-state index is 0.505. The fourth-order valence-corrected chi connectivity index (χ4v) is 2.96. The smallest absolute Gasteiger partial charge is 0.247 e. The van der Waals surface area contributed by atoms with Crippen molar-refractivity contribution in [3.05, 3.63) is 72.1 Å². The maximum atomic E-state index is 5.79. The fraction of sp³-hybridized carbons (Fsp3) is 0.125. The Hall–Kier alpha value is -1.46. The zero-order valence-electron chi connectivity index (χ0n) is 11.0. The molecule has 0 amide bonds. The van der Waals surface area contributed by atoms with Gasteiger partial charge in [-0.25, -0.2) is 0 Å². The standard InChI is InChI=1S/C16H12Br2N2O/c17-16(18,11-12-7-3-1-4-8-12)15-20-19-14(21-15)13-9-5-2-6-10-13/h1-10H,11H2. The van der Waals surface area contributed by atoms with Crippen molar-refractivity contribution in [1.82, 2.24) is 10.2 Å². The van der Waals surface area contributed by atoms with Crippen molar-refractivity contribution in [1.29, 1.82) is 0 Å². The lowest BCUT2D eigenvalue weighted by Crippen LogP contribution is -2.13. The van der Waals surface area contributed by atoms with Gasteiger partial charge in [0.15, 0.2) is 3.23 Å². The van der Waals surface area contributed by atoms with Crippen LogP contribution in [0.5, 0.6) is 0 Å². The first-order chi connectivity index (χ1) is 10.1. The first kappa shape index (κ1) is 14.5. The second kappa shape index (κ2) is 6.12. The summed E-state index contributed by atoms with van der Waals surface area (Å²) >= 11 is 7.27. The average Bonchev–Trinajstić information content (AvgIpc) is 2.99. The van der Waals surface area contributed by atoms with E-state index in [-0.39, 0.29) is 0 Å². The van der Waals surface area contributed by atoms with Crippen molar-refractivity contribution in [2.24, 2.45) is 0 Å². The largest absolute Gasteiger partial charge is 0.418 e. The van der Waals surface area contributed by atoms with Gasteiger partial charge < -0.3 is 4.42 Å². The molecule has 0 aliphatic carbocycles. The molecule has 0 saturated carbocycles. The van der Waals surface area contributed by atoms with E-state index >= 15 is 0 Å². The van der Waals surface area contributed by atoms with Crippen LogP contribution in [0.4, 0.5) is 0 Å². The molecular formula is C16H12Br2N2O. The third-order valence-electron chi connectivity index (χ3n) is 3.03. The summed E-state index contributed by atoms with van der Waals surface area (Å²) in [5.41, 5.74) is 2.08. The van der Waals surface area contributed by atoms with Crippen molar-refractivity contribution >= 4 is 31.9 Å². The Balaban J connectivity index is 1.85. The monoisotopic (exact) mass is 406 g/mol. The second-order valence-corrected chi connectivity index (χ2v) is 8.42. The van der Waals surface area contributed by atoms with Gasteiger partial charge in [-0.1, -0.05) is 80.4 Å². The van der Waals surface area contributed by atoms with Crippen LogP contribution in [0.3, 0.4) is 0 Å². The second-order valence-electron chi connectivity index (χ2n) is 4.65. The minimum atomic E-state index is -0.568. The van der Waals surface area contributed by atoms with Crippen LogP contribution < -0.4 is 0 Å². The number of alkyl halides is 2. The van der Waals surface area contributed by atoms with E-state index in [0.29, 0.717) is 18.2 Å². The van der Waals surface area contributed by atoms with E-state index in [1.54, 1.807) is 0 Å². The Morgan fingerprint density at radius 3 is 2.14 bits per heavy atom. The summed E-state index contributed by atoms with van der Waals surface area (Å²) in [5.74, 6) is 1.02. The van der Waals surface area contributed by atoms with Gasteiger partial charge in [0, 0.05) is 12.0 Å². The Morgan fingerprint density at radius 1 is 0.857 bits per heavy atom. The van der Waals surface area contributed by atoms with Crippen LogP contribution >= 0.6 is 31.9 Å². The number of benzene rings is 2. The lowest BCUT2D eigenvalue weighted by molar-refractivity contribution is 0.493. The first-order valence-electron chi connectivity index (χ1n) is 6.46. The van der Waals surface area contributed by atoms with Crippen LogP contribution in [0.1, 0.15) is 11.5 Å². The van der Waals surface area contributed by atoms with Crippen molar-refractivity contribution in [3.8, 4) is 11.5 Å². The van der Waals surface area contributed by atoms with Gasteiger partial charge in [-0.15, -0.1) is 10.2 Å². The Labute approximate surface area is 139 Å². The van der Waals surface area contributed by atoms with Gasteiger partial charge >= 0.3 is 0 Å². The predicted octanol–water partition coefficient (Wildman–Crippen LogP) is 4.92. The molecule has 5 heteroatoms. The molecule has 0 aliphatic rings. The molecule has 106 valence electrons. The number of hydrogen-bond donors (Lipinski definition) is 0. The Kier molecular flexibility index (Phi) is 4.22. The average molecular weight is 408 g/mol. The molecule has 1 aromatic heterocycles. The van der Waals surface area contributed by atoms with Crippen LogP contribution in [-0.2, 0) is 9.65 Å². The summed E-state index contributed by atoms with van der Waals surface area (Å²) < 4.78 is 5.22. The van der Waals surface area contributed by atoms with Crippen molar-refractivity contribution in [3.63, 3.8) is 0 Å². The first-order valence-corrected chi connectivity index (χ1v) is 8.05. The Morgan fingerprint density at radius 2 is 1.48 bits per heavy atom. The van der Waals surface area contributed by atoms with E-state index in [9.17, 15) is 0 Å². The SMILES string of the molecule is BrC(Br)(Cc1ccccc1)c1nnc(-c2ccccc2)o1. The van der Waals surface area contributed by atoms with E-state index in [2.05, 4.69) is 54.2 Å². The molecule has 0 N–H and O–H groups in total. The molecule has 0 radical (unpaired) electrons. The molecule has 0 saturated heterocycles. The predicted molar refractivity (Wildman–Crippen MR) is 89.4 cm³/mol. The molecule has 0 aliphatic heterocycles. The zero-order chi connectivity index (χ0) is 14.7. The van der Waals surface area contributed by atoms with Gasteiger partial charge in [0.2, 0.25) is 11.8 Å². The summed E-state index contributed by atoms with van der Waals surface area (Å²) in [6, 6.07) is 19.9. The minimum Gasteiger partial charge on any atom is -0.418 e. The maximum Gasteiger partial charge on any atom is 0.247 e. The summed E-state index contributed by atoms with van der Waals surface area (Å²) in [6.45, 7) is 0. The normalized spacial score (nSPS) is 11.5. The molecule has 0 fully saturated rings. The summed E-state index contributed by atoms with van der Waals surface area (Å²) in [7, 11) is 0. The van der Waals surface area contributed by atoms with Crippen LogP contribution in [-0.4, -0.2) is 10.2 Å². The van der Waals surface area contributed by atoms with Gasteiger partial charge in [0.25, 0.3) is 0 Å². The quantitative estimate of drug-likeness (QED) is 0.576. The molecule has 1 heterocycles. The highest BCUT2D eigenvalue weighted by atomic mass is 79.9. The summed E-state index contributed by atoms with van der Waals surface area (Å²) in [6.07, 6.45) is 0.699. The molecule has 0 unspecified atom stereocenters. The van der Waals surface area contributed by atoms with E-state index < -0.39 is 3.23 Å². The third-order valence-corrected chi connectivity index (χ3v) is 4.27. The van der Waals surface area contributed by atoms with Crippen molar-refractivity contribution < 1.29 is 4.42 Å². The molecule has 0 atom stereocenters. The zero-order valence-corrected chi connectivity index (χ0v) is 14.2. The van der Waals surface area contributed by atoms with Gasteiger partial charge in [-0.05, 0) is 17.7 Å². The van der Waals surface area contributed by atoms with Crippen molar-refractivity contribution in [2.75, 3.05) is 0 Å². The van der Waals surface area contributed by atoms with Crippen LogP contribution in [0, 0.1) is 0 Å². The van der Waals surface area contributed by atoms with Crippen molar-refractivity contribution in [2.45, 2.75) is 9.65 Å². The van der Waals surface area contributed by atoms with Gasteiger partial charge in [0.1, 0.15) is 0 Å². The van der Waals surface area contributed by atoms with Gasteiger partial charge in [-0.2, -0.15) is 0 Å². The molecule has 3 nitrogen and oxygen atoms in total. The third kappa shape index (κ3) is 3.41. The van der Waals surface area contributed by atoms with E-state index in [0.717, 1.165) is 5.56 Å². The highest BCUT2D eigenvalue weighted by Gasteiger charge is 2.32. The molecule has 0 bridgehead atoms. The Bertz CT molecular complexity index is 711. The topological polar surface area (TPSA) is 38.9 Å². The molecule has 21 heavy (non-hydrogen) atoms. The summed E-state index contributed by atoms with van der Waals surface area (Å²) in [4.78, 5) is 0. The van der Waals surface area contributed by atoms with Crippen LogP contribution in [0.15, 0.2) is 65.1 Å². The highest BCUT2D eigenvalue weighted by molar-refractivity contribution is 9.24. The van der Waals surface area contributed by atoms with Crippen LogP contribution in [0.2, 0.25) is 0 Å². The number of halogens is 2. The number of hydrogen-bond acceptors (Lipinski definition) is 3. The molecular weight excluding hydrogens is 396 g/mol. The summed E-state index contributed by atoms with van der Waals surface area (Å²) in [5, 5.41) is 8.27. The molecule has 0 spiro atoms. The van der Waals surface area contributed by atoms with E-state index in [1.165, 1.54) is 5.56 Å². The fourth-order valence-electron chi connectivity index (χ4n) is 2.00. The maximum absolute atomic E-state index is 5.79. The molecule has 3 rings (SSSR count). The highest BCUT2D eigenvalue weighted by Crippen LogP contribution is 2.41. The molecule has 3 aromatic rings. The lowest BCUT2D eigenvalue weighted by Gasteiger charge is -2.15. The van der Waals surface area contributed by atoms with E-state index in [4.69, 9.17) is 4.42 Å². The molecule has 2 aromatic carbocycles.